The minimum atomic E-state index is 0.257. The maximum Gasteiger partial charge on any atom is 0.105 e. The summed E-state index contributed by atoms with van der Waals surface area (Å²) in [6.45, 7) is 4.23. The van der Waals surface area contributed by atoms with Crippen molar-refractivity contribution in [2.75, 3.05) is 13.2 Å². The lowest BCUT2D eigenvalue weighted by Gasteiger charge is -1.91. The van der Waals surface area contributed by atoms with Gasteiger partial charge < -0.3 is 9.84 Å². The second-order valence-electron chi connectivity index (χ2n) is 1.84. The van der Waals surface area contributed by atoms with Crippen LogP contribution in [0.5, 0.6) is 0 Å². The highest BCUT2D eigenvalue weighted by Gasteiger charge is 1.77. The van der Waals surface area contributed by atoms with Crippen LogP contribution in [0.2, 0.25) is 0 Å². The number of ether oxygens (including phenoxy) is 1. The van der Waals surface area contributed by atoms with Crippen LogP contribution in [0.4, 0.5) is 0 Å². The zero-order valence-corrected chi connectivity index (χ0v) is 6.12. The van der Waals surface area contributed by atoms with E-state index in [1.165, 1.54) is 6.26 Å². The first-order chi connectivity index (χ1) is 4.91. The van der Waals surface area contributed by atoms with Crippen LogP contribution < -0.4 is 0 Å². The summed E-state index contributed by atoms with van der Waals surface area (Å²) < 4.78 is 4.83. The van der Waals surface area contributed by atoms with Crippen molar-refractivity contribution in [3.8, 4) is 0 Å². The fraction of sp³-hybridized carbons (Fsp3) is 0.500. The Hall–Kier alpha value is -0.760. The van der Waals surface area contributed by atoms with Crippen LogP contribution in [0.3, 0.4) is 0 Å². The van der Waals surface area contributed by atoms with Gasteiger partial charge in [-0.3, -0.25) is 0 Å². The first kappa shape index (κ1) is 9.24. The fourth-order valence-corrected chi connectivity index (χ4v) is 0.519. The Morgan fingerprint density at radius 2 is 2.20 bits per heavy atom. The van der Waals surface area contributed by atoms with Gasteiger partial charge in [0, 0.05) is 6.61 Å². The predicted octanol–water partition coefficient (Wildman–Crippen LogP) is 1.48. The van der Waals surface area contributed by atoms with E-state index in [1.54, 1.807) is 0 Å². The van der Waals surface area contributed by atoms with E-state index in [0.29, 0.717) is 6.61 Å². The van der Waals surface area contributed by atoms with Gasteiger partial charge in [0.15, 0.2) is 0 Å². The molecule has 0 aliphatic heterocycles. The van der Waals surface area contributed by atoms with Crippen molar-refractivity contribution in [1.82, 2.24) is 0 Å². The van der Waals surface area contributed by atoms with Gasteiger partial charge in [0.2, 0.25) is 0 Å². The van der Waals surface area contributed by atoms with Crippen molar-refractivity contribution in [3.05, 3.63) is 25.0 Å². The van der Waals surface area contributed by atoms with Crippen LogP contribution >= 0.6 is 0 Å². The van der Waals surface area contributed by atoms with Crippen LogP contribution in [-0.4, -0.2) is 18.3 Å². The highest BCUT2D eigenvalue weighted by atomic mass is 16.5. The molecule has 0 bridgehead atoms. The normalized spacial score (nSPS) is 10.1. The van der Waals surface area contributed by atoms with E-state index in [2.05, 4.69) is 6.58 Å². The number of aliphatic hydroxyl groups excluding tert-OH is 1. The largest absolute Gasteiger partial charge is 0.498 e. The second kappa shape index (κ2) is 8.24. The lowest BCUT2D eigenvalue weighted by molar-refractivity contribution is 0.286. The van der Waals surface area contributed by atoms with Crippen LogP contribution in [0.15, 0.2) is 25.0 Å². The summed E-state index contributed by atoms with van der Waals surface area (Å²) in [5.41, 5.74) is 0. The summed E-state index contributed by atoms with van der Waals surface area (Å²) in [4.78, 5) is 0. The zero-order chi connectivity index (χ0) is 7.66. The van der Waals surface area contributed by atoms with Crippen molar-refractivity contribution in [1.29, 1.82) is 0 Å². The Kier molecular flexibility index (Phi) is 7.61. The number of allylic oxidation sites excluding steroid dienone is 1. The summed E-state index contributed by atoms with van der Waals surface area (Å²) in [6, 6.07) is 0. The van der Waals surface area contributed by atoms with Crippen LogP contribution in [0, 0.1) is 0 Å². The Balaban J connectivity index is 2.96. The van der Waals surface area contributed by atoms with Crippen molar-refractivity contribution in [3.63, 3.8) is 0 Å². The van der Waals surface area contributed by atoms with Crippen LogP contribution in [0.25, 0.3) is 0 Å². The molecule has 0 fully saturated rings. The molecule has 0 aromatic heterocycles. The molecule has 0 saturated heterocycles. The summed E-state index contributed by atoms with van der Waals surface area (Å²) in [5.74, 6) is 0. The van der Waals surface area contributed by atoms with Gasteiger partial charge in [0.1, 0.15) is 6.61 Å². The minimum absolute atomic E-state index is 0.257. The molecule has 10 heavy (non-hydrogen) atoms. The predicted molar refractivity (Wildman–Crippen MR) is 41.6 cm³/mol. The number of unbranched alkanes of at least 4 members (excludes halogenated alkanes) is 1. The van der Waals surface area contributed by atoms with E-state index in [4.69, 9.17) is 9.84 Å². The number of hydrogen-bond acceptors (Lipinski definition) is 2. The molecule has 0 spiro atoms. The number of hydrogen-bond donors (Lipinski definition) is 1. The Labute approximate surface area is 61.8 Å². The molecule has 0 aliphatic carbocycles. The number of aliphatic hydroxyl groups is 1. The molecular weight excluding hydrogens is 128 g/mol. The molecule has 0 unspecified atom stereocenters. The Morgan fingerprint density at radius 1 is 1.40 bits per heavy atom. The topological polar surface area (TPSA) is 29.5 Å². The summed E-state index contributed by atoms with van der Waals surface area (Å²) in [5, 5.41) is 8.39. The highest BCUT2D eigenvalue weighted by molar-refractivity contribution is 4.81. The third kappa shape index (κ3) is 7.24. The van der Waals surface area contributed by atoms with Crippen LogP contribution in [-0.2, 0) is 4.74 Å². The Bertz CT molecular complexity index is 97.4. The molecule has 0 saturated carbocycles. The van der Waals surface area contributed by atoms with Crippen molar-refractivity contribution < 1.29 is 9.84 Å². The molecule has 0 amide bonds. The average Bonchev–Trinajstić information content (AvgIpc) is 1.97. The van der Waals surface area contributed by atoms with Crippen molar-refractivity contribution >= 4 is 0 Å². The van der Waals surface area contributed by atoms with Crippen LogP contribution in [0.1, 0.15) is 12.8 Å². The van der Waals surface area contributed by atoms with E-state index in [1.807, 2.05) is 12.2 Å². The molecule has 0 aromatic carbocycles. The third-order valence-corrected chi connectivity index (χ3v) is 1.01. The van der Waals surface area contributed by atoms with Gasteiger partial charge in [-0.2, -0.15) is 0 Å². The maximum absolute atomic E-state index is 8.39. The lowest BCUT2D eigenvalue weighted by atomic mass is 10.3. The summed E-state index contributed by atoms with van der Waals surface area (Å²) in [7, 11) is 0. The average molecular weight is 142 g/mol. The molecule has 0 radical (unpaired) electrons. The molecule has 0 aliphatic rings. The first-order valence-electron chi connectivity index (χ1n) is 3.40. The van der Waals surface area contributed by atoms with E-state index >= 15 is 0 Å². The maximum atomic E-state index is 8.39. The second-order valence-corrected chi connectivity index (χ2v) is 1.84. The van der Waals surface area contributed by atoms with Gasteiger partial charge >= 0.3 is 0 Å². The highest BCUT2D eigenvalue weighted by Crippen LogP contribution is 1.88. The quantitative estimate of drug-likeness (QED) is 0.346. The molecule has 1 N–H and O–H groups in total. The van der Waals surface area contributed by atoms with Gasteiger partial charge in [-0.05, 0) is 12.8 Å². The summed E-state index contributed by atoms with van der Waals surface area (Å²) in [6.07, 6.45) is 7.05. The minimum Gasteiger partial charge on any atom is -0.498 e. The molecule has 0 atom stereocenters. The first-order valence-corrected chi connectivity index (χ1v) is 3.40. The smallest absolute Gasteiger partial charge is 0.105 e. The number of rotatable bonds is 6. The lowest BCUT2D eigenvalue weighted by Crippen LogP contribution is -1.81. The molecule has 58 valence electrons. The molecule has 2 heteroatoms. The molecular formula is C8H14O2. The molecule has 2 nitrogen and oxygen atoms in total. The van der Waals surface area contributed by atoms with E-state index in [0.717, 1.165) is 12.8 Å². The van der Waals surface area contributed by atoms with Gasteiger partial charge in [-0.1, -0.05) is 18.7 Å². The van der Waals surface area contributed by atoms with E-state index < -0.39 is 0 Å². The third-order valence-electron chi connectivity index (χ3n) is 1.01. The van der Waals surface area contributed by atoms with E-state index in [9.17, 15) is 0 Å². The Morgan fingerprint density at radius 3 is 2.80 bits per heavy atom. The van der Waals surface area contributed by atoms with Gasteiger partial charge in [0.05, 0.1) is 6.26 Å². The van der Waals surface area contributed by atoms with Gasteiger partial charge in [-0.25, -0.2) is 0 Å². The standard InChI is InChI=1S/C8H14O2/c1-2-10-8-6-4-3-5-7-9/h2,4,6,9H,1,3,5,7-8H2. The molecule has 0 aromatic rings. The molecule has 0 rings (SSSR count). The monoisotopic (exact) mass is 142 g/mol. The fourth-order valence-electron chi connectivity index (χ4n) is 0.519. The van der Waals surface area contributed by atoms with E-state index in [-0.39, 0.29) is 6.61 Å². The van der Waals surface area contributed by atoms with Gasteiger partial charge in [0.25, 0.3) is 0 Å². The van der Waals surface area contributed by atoms with Gasteiger partial charge in [-0.15, -0.1) is 0 Å². The van der Waals surface area contributed by atoms with Crippen molar-refractivity contribution in [2.45, 2.75) is 12.8 Å². The van der Waals surface area contributed by atoms with Crippen molar-refractivity contribution in [2.24, 2.45) is 0 Å². The summed E-state index contributed by atoms with van der Waals surface area (Å²) >= 11 is 0. The zero-order valence-electron chi connectivity index (χ0n) is 6.12. The SMILES string of the molecule is C=COCC=CCCCO. The molecule has 0 heterocycles.